The molecule has 1 aromatic carbocycles. The molecule has 0 amide bonds. The molecule has 0 aliphatic carbocycles. The molecule has 1 rings (SSSR count). The van der Waals surface area contributed by atoms with Crippen molar-refractivity contribution < 1.29 is 45.8 Å². The Labute approximate surface area is 196 Å². The van der Waals surface area contributed by atoms with Crippen LogP contribution in [0.1, 0.15) is 22.8 Å². The van der Waals surface area contributed by atoms with Crippen LogP contribution in [0.15, 0.2) is 24.3 Å². The van der Waals surface area contributed by atoms with Gasteiger partial charge in [-0.1, -0.05) is 24.3 Å². The van der Waals surface area contributed by atoms with E-state index in [-0.39, 0.29) is 19.0 Å². The van der Waals surface area contributed by atoms with Crippen molar-refractivity contribution in [2.75, 3.05) is 85.5 Å². The number of rotatable bonds is 22. The van der Waals surface area contributed by atoms with Crippen LogP contribution in [0, 0.1) is 0 Å². The Kier molecular flexibility index (Phi) is 17.0. The molecule has 0 fully saturated rings. The first-order chi connectivity index (χ1) is 15.9. The van der Waals surface area contributed by atoms with Gasteiger partial charge in [0.2, 0.25) is 0 Å². The molecule has 0 bridgehead atoms. The molecule has 33 heavy (non-hydrogen) atoms. The maximum absolute atomic E-state index is 11.2. The third-order valence-electron chi connectivity index (χ3n) is 4.01. The van der Waals surface area contributed by atoms with E-state index in [1.165, 1.54) is 0 Å². The number of ketones is 1. The van der Waals surface area contributed by atoms with Crippen LogP contribution in [0.4, 0.5) is 0 Å². The molecule has 11 heteroatoms. The molecule has 0 atom stereocenters. The normalized spacial score (nSPS) is 11.7. The van der Waals surface area contributed by atoms with Crippen LogP contribution in [0.2, 0.25) is 0 Å². The largest absolute Gasteiger partial charge is 0.377 e. The van der Waals surface area contributed by atoms with E-state index in [9.17, 15) is 13.2 Å². The standard InChI is InChI=1S/C22H36O10S/c1-20(23)22-5-3-21(4-6-22)19-31-16-15-29-12-11-27-8-7-26-9-10-28-13-14-30-17-18-32-33(2,24)25/h3-6H,7-19H2,1-2H3. The summed E-state index contributed by atoms with van der Waals surface area (Å²) in [5.74, 6) is 0.0506. The number of carbonyl (C=O) groups excluding carboxylic acids is 1. The first-order valence-corrected chi connectivity index (χ1v) is 12.6. The SMILES string of the molecule is CC(=O)c1ccc(COCCOCCOCCOCCOCCOCCOS(C)(=O)=O)cc1. The van der Waals surface area contributed by atoms with Gasteiger partial charge in [-0.25, -0.2) is 0 Å². The highest BCUT2D eigenvalue weighted by atomic mass is 32.2. The monoisotopic (exact) mass is 492 g/mol. The zero-order valence-corrected chi connectivity index (χ0v) is 20.3. The van der Waals surface area contributed by atoms with E-state index >= 15 is 0 Å². The van der Waals surface area contributed by atoms with Crippen molar-refractivity contribution >= 4 is 15.9 Å². The summed E-state index contributed by atoms with van der Waals surface area (Å²) in [6, 6.07) is 7.37. The third-order valence-corrected chi connectivity index (χ3v) is 4.61. The first-order valence-electron chi connectivity index (χ1n) is 10.8. The third kappa shape index (κ3) is 18.6. The van der Waals surface area contributed by atoms with Gasteiger partial charge in [-0.05, 0) is 12.5 Å². The lowest BCUT2D eigenvalue weighted by Crippen LogP contribution is -2.15. The van der Waals surface area contributed by atoms with Gasteiger partial charge in [0.15, 0.2) is 5.78 Å². The van der Waals surface area contributed by atoms with Crippen LogP contribution in [0.5, 0.6) is 0 Å². The first kappa shape index (κ1) is 29.6. The van der Waals surface area contributed by atoms with Gasteiger partial charge in [-0.2, -0.15) is 8.42 Å². The summed E-state index contributed by atoms with van der Waals surface area (Å²) in [7, 11) is -3.42. The van der Waals surface area contributed by atoms with Gasteiger partial charge in [0, 0.05) is 5.56 Å². The van der Waals surface area contributed by atoms with Gasteiger partial charge in [-0.3, -0.25) is 8.98 Å². The van der Waals surface area contributed by atoms with E-state index in [1.54, 1.807) is 19.1 Å². The van der Waals surface area contributed by atoms with E-state index in [1.807, 2.05) is 12.1 Å². The quantitative estimate of drug-likeness (QED) is 0.134. The molecule has 10 nitrogen and oxygen atoms in total. The van der Waals surface area contributed by atoms with Crippen molar-refractivity contribution in [1.29, 1.82) is 0 Å². The molecule has 0 heterocycles. The molecule has 1 aromatic rings. The van der Waals surface area contributed by atoms with E-state index in [2.05, 4.69) is 4.18 Å². The number of benzene rings is 1. The second kappa shape index (κ2) is 18.9. The highest BCUT2D eigenvalue weighted by molar-refractivity contribution is 7.85. The number of Topliss-reactive ketones (excluding diaryl/α,β-unsaturated/α-hetero) is 1. The summed E-state index contributed by atoms with van der Waals surface area (Å²) in [6.45, 7) is 6.72. The van der Waals surface area contributed by atoms with Crippen LogP contribution in [-0.2, 0) is 49.3 Å². The molecule has 0 aliphatic heterocycles. The zero-order chi connectivity index (χ0) is 24.2. The summed E-state index contributed by atoms with van der Waals surface area (Å²) in [4.78, 5) is 11.2. The molecule has 190 valence electrons. The van der Waals surface area contributed by atoms with Gasteiger partial charge in [0.25, 0.3) is 10.1 Å². The summed E-state index contributed by atoms with van der Waals surface area (Å²) in [6.07, 6.45) is 0.994. The van der Waals surface area contributed by atoms with Crippen molar-refractivity contribution in [2.45, 2.75) is 13.5 Å². The highest BCUT2D eigenvalue weighted by Crippen LogP contribution is 2.06. The maximum atomic E-state index is 11.2. The Bertz CT molecular complexity index is 721. The lowest BCUT2D eigenvalue weighted by atomic mass is 10.1. The summed E-state index contributed by atoms with van der Waals surface area (Å²) >= 11 is 0. The van der Waals surface area contributed by atoms with Crippen LogP contribution in [0.3, 0.4) is 0 Å². The molecule has 0 unspecified atom stereocenters. The molecule has 0 N–H and O–H groups in total. The summed E-state index contributed by atoms with van der Waals surface area (Å²) < 4.78 is 58.3. The molecular weight excluding hydrogens is 456 g/mol. The number of hydrogen-bond donors (Lipinski definition) is 0. The van der Waals surface area contributed by atoms with Crippen molar-refractivity contribution in [1.82, 2.24) is 0 Å². The molecule has 0 saturated carbocycles. The number of ether oxygens (including phenoxy) is 6. The van der Waals surface area contributed by atoms with Gasteiger partial charge >= 0.3 is 0 Å². The topological polar surface area (TPSA) is 116 Å². The minimum Gasteiger partial charge on any atom is -0.377 e. The minimum absolute atomic E-state index is 0.000310. The van der Waals surface area contributed by atoms with Crippen molar-refractivity contribution in [3.05, 3.63) is 35.4 Å². The minimum atomic E-state index is -3.42. The second-order valence-corrected chi connectivity index (χ2v) is 8.54. The summed E-state index contributed by atoms with van der Waals surface area (Å²) in [5.41, 5.74) is 1.71. The Morgan fingerprint density at radius 1 is 0.636 bits per heavy atom. The molecule has 0 aromatic heterocycles. The lowest BCUT2D eigenvalue weighted by Gasteiger charge is -2.08. The Hall–Kier alpha value is -1.44. The van der Waals surface area contributed by atoms with Crippen molar-refractivity contribution in [3.8, 4) is 0 Å². The highest BCUT2D eigenvalue weighted by Gasteiger charge is 2.01. The van der Waals surface area contributed by atoms with Gasteiger partial charge in [0.05, 0.1) is 92.1 Å². The van der Waals surface area contributed by atoms with Crippen LogP contribution < -0.4 is 0 Å². The average Bonchev–Trinajstić information content (AvgIpc) is 2.77. The Balaban J connectivity index is 1.75. The van der Waals surface area contributed by atoms with Gasteiger partial charge in [0.1, 0.15) is 0 Å². The fourth-order valence-corrected chi connectivity index (χ4v) is 2.74. The van der Waals surface area contributed by atoms with Crippen LogP contribution in [-0.4, -0.2) is 99.7 Å². The van der Waals surface area contributed by atoms with Crippen molar-refractivity contribution in [3.63, 3.8) is 0 Å². The van der Waals surface area contributed by atoms with Crippen LogP contribution >= 0.6 is 0 Å². The fraction of sp³-hybridized carbons (Fsp3) is 0.682. The Morgan fingerprint density at radius 2 is 1.00 bits per heavy atom. The molecular formula is C22H36O10S. The number of carbonyl (C=O) groups is 1. The second-order valence-electron chi connectivity index (χ2n) is 6.89. The Morgan fingerprint density at radius 3 is 1.36 bits per heavy atom. The lowest BCUT2D eigenvalue weighted by molar-refractivity contribution is -0.0185. The van der Waals surface area contributed by atoms with Gasteiger partial charge < -0.3 is 28.4 Å². The molecule has 0 saturated heterocycles. The van der Waals surface area contributed by atoms with Gasteiger partial charge in [-0.15, -0.1) is 0 Å². The fourth-order valence-electron chi connectivity index (χ4n) is 2.37. The van der Waals surface area contributed by atoms with E-state index in [0.717, 1.165) is 11.8 Å². The van der Waals surface area contributed by atoms with Crippen LogP contribution in [0.25, 0.3) is 0 Å². The van der Waals surface area contributed by atoms with Crippen molar-refractivity contribution in [2.24, 2.45) is 0 Å². The predicted molar refractivity (Wildman–Crippen MR) is 121 cm³/mol. The van der Waals surface area contributed by atoms with E-state index in [0.29, 0.717) is 78.2 Å². The zero-order valence-electron chi connectivity index (χ0n) is 19.5. The predicted octanol–water partition coefficient (Wildman–Crippen LogP) is 1.47. The molecule has 0 aliphatic rings. The summed E-state index contributed by atoms with van der Waals surface area (Å²) in [5, 5.41) is 0. The molecule has 0 radical (unpaired) electrons. The average molecular weight is 493 g/mol. The number of hydrogen-bond acceptors (Lipinski definition) is 10. The molecule has 0 spiro atoms. The van der Waals surface area contributed by atoms with E-state index < -0.39 is 10.1 Å². The smallest absolute Gasteiger partial charge is 0.264 e. The maximum Gasteiger partial charge on any atom is 0.264 e. The van der Waals surface area contributed by atoms with E-state index in [4.69, 9.17) is 28.4 Å².